The van der Waals surface area contributed by atoms with Crippen LogP contribution in [-0.2, 0) is 11.3 Å². The minimum absolute atomic E-state index is 0.0513. The van der Waals surface area contributed by atoms with Gasteiger partial charge in [-0.1, -0.05) is 24.3 Å². The monoisotopic (exact) mass is 386 g/mol. The summed E-state index contributed by atoms with van der Waals surface area (Å²) in [5, 5.41) is 3.91. The van der Waals surface area contributed by atoms with Crippen LogP contribution in [0.2, 0.25) is 0 Å². The molecule has 0 unspecified atom stereocenters. The van der Waals surface area contributed by atoms with Crippen molar-refractivity contribution in [1.29, 1.82) is 0 Å². The quantitative estimate of drug-likeness (QED) is 0.608. The first kappa shape index (κ1) is 18.6. The van der Waals surface area contributed by atoms with Crippen LogP contribution in [-0.4, -0.2) is 16.6 Å². The number of thiazole rings is 1. The van der Waals surface area contributed by atoms with Gasteiger partial charge in [0.1, 0.15) is 10.8 Å². The molecule has 0 saturated carbocycles. The van der Waals surface area contributed by atoms with E-state index in [-0.39, 0.29) is 11.7 Å². The standard InChI is InChI=1S/C20H19FN2OS2/c1-13-5-3-4-6-17(13)20-23-14(2)18(26-20)11-22-19(24)12-25-16-9-7-15(21)8-10-16/h3-10H,11-12H2,1-2H3,(H,22,24). The Balaban J connectivity index is 1.57. The zero-order valence-electron chi connectivity index (χ0n) is 14.6. The summed E-state index contributed by atoms with van der Waals surface area (Å²) in [6.45, 7) is 4.51. The van der Waals surface area contributed by atoms with Crippen LogP contribution in [0.1, 0.15) is 16.1 Å². The molecule has 3 rings (SSSR count). The van der Waals surface area contributed by atoms with Crippen LogP contribution in [0.15, 0.2) is 53.4 Å². The summed E-state index contributed by atoms with van der Waals surface area (Å²) >= 11 is 3.00. The molecule has 0 aliphatic rings. The molecule has 0 radical (unpaired) electrons. The fraction of sp³-hybridized carbons (Fsp3) is 0.200. The van der Waals surface area contributed by atoms with E-state index in [1.54, 1.807) is 23.5 Å². The van der Waals surface area contributed by atoms with Crippen molar-refractivity contribution in [2.75, 3.05) is 5.75 Å². The van der Waals surface area contributed by atoms with E-state index in [4.69, 9.17) is 0 Å². The van der Waals surface area contributed by atoms with Gasteiger partial charge in [-0.15, -0.1) is 23.1 Å². The van der Waals surface area contributed by atoms with Crippen molar-refractivity contribution >= 4 is 29.0 Å². The molecule has 134 valence electrons. The van der Waals surface area contributed by atoms with Crippen LogP contribution in [0, 0.1) is 19.7 Å². The Morgan fingerprint density at radius 1 is 1.15 bits per heavy atom. The van der Waals surface area contributed by atoms with Gasteiger partial charge >= 0.3 is 0 Å². The number of hydrogen-bond donors (Lipinski definition) is 1. The third-order valence-corrected chi connectivity index (χ3v) is 6.10. The number of carbonyl (C=O) groups is 1. The summed E-state index contributed by atoms with van der Waals surface area (Å²) in [6, 6.07) is 14.3. The lowest BCUT2D eigenvalue weighted by Crippen LogP contribution is -2.24. The number of nitrogens with one attached hydrogen (secondary N) is 1. The second-order valence-electron chi connectivity index (χ2n) is 5.86. The van der Waals surface area contributed by atoms with E-state index in [1.165, 1.54) is 29.5 Å². The van der Waals surface area contributed by atoms with E-state index in [0.29, 0.717) is 12.3 Å². The van der Waals surface area contributed by atoms with Gasteiger partial charge in [-0.25, -0.2) is 9.37 Å². The molecule has 0 bridgehead atoms. The molecule has 2 aromatic carbocycles. The average molecular weight is 387 g/mol. The molecule has 0 atom stereocenters. The molecule has 1 heterocycles. The molecule has 0 fully saturated rings. The van der Waals surface area contributed by atoms with Gasteiger partial charge in [-0.3, -0.25) is 4.79 Å². The number of hydrogen-bond acceptors (Lipinski definition) is 4. The van der Waals surface area contributed by atoms with E-state index in [0.717, 1.165) is 26.0 Å². The maximum Gasteiger partial charge on any atom is 0.230 e. The van der Waals surface area contributed by atoms with E-state index in [9.17, 15) is 9.18 Å². The number of aryl methyl sites for hydroxylation is 2. The van der Waals surface area contributed by atoms with Crippen molar-refractivity contribution in [3.8, 4) is 10.6 Å². The van der Waals surface area contributed by atoms with Gasteiger partial charge in [0.2, 0.25) is 5.91 Å². The van der Waals surface area contributed by atoms with E-state index in [2.05, 4.69) is 29.4 Å². The number of carbonyl (C=O) groups excluding carboxylic acids is 1. The zero-order valence-corrected chi connectivity index (χ0v) is 16.2. The lowest BCUT2D eigenvalue weighted by atomic mass is 10.1. The van der Waals surface area contributed by atoms with Gasteiger partial charge in [0.25, 0.3) is 0 Å². The summed E-state index contributed by atoms with van der Waals surface area (Å²) in [4.78, 5) is 18.7. The SMILES string of the molecule is Cc1ccccc1-c1nc(C)c(CNC(=O)CSc2ccc(F)cc2)s1. The molecule has 0 spiro atoms. The predicted molar refractivity (Wildman–Crippen MR) is 106 cm³/mol. The number of rotatable bonds is 6. The van der Waals surface area contributed by atoms with Gasteiger partial charge in [-0.2, -0.15) is 0 Å². The largest absolute Gasteiger partial charge is 0.350 e. The van der Waals surface area contributed by atoms with Crippen molar-refractivity contribution in [3.05, 3.63) is 70.5 Å². The second-order valence-corrected chi connectivity index (χ2v) is 7.99. The average Bonchev–Trinajstić information content (AvgIpc) is 3.00. The van der Waals surface area contributed by atoms with Crippen molar-refractivity contribution in [1.82, 2.24) is 10.3 Å². The van der Waals surface area contributed by atoms with E-state index >= 15 is 0 Å². The topological polar surface area (TPSA) is 42.0 Å². The summed E-state index contributed by atoms with van der Waals surface area (Å²) in [7, 11) is 0. The first-order valence-electron chi connectivity index (χ1n) is 8.20. The van der Waals surface area contributed by atoms with Gasteiger partial charge in [0.15, 0.2) is 0 Å². The normalized spacial score (nSPS) is 10.7. The van der Waals surface area contributed by atoms with Crippen LogP contribution in [0.4, 0.5) is 4.39 Å². The zero-order chi connectivity index (χ0) is 18.5. The minimum atomic E-state index is -0.274. The van der Waals surface area contributed by atoms with Crippen LogP contribution in [0.3, 0.4) is 0 Å². The van der Waals surface area contributed by atoms with E-state index in [1.807, 2.05) is 19.1 Å². The Bertz CT molecular complexity index is 906. The molecule has 1 aromatic heterocycles. The van der Waals surface area contributed by atoms with Crippen LogP contribution in [0.25, 0.3) is 10.6 Å². The molecule has 0 aliphatic heterocycles. The molecular formula is C20H19FN2OS2. The van der Waals surface area contributed by atoms with E-state index < -0.39 is 0 Å². The highest BCUT2D eigenvalue weighted by atomic mass is 32.2. The Labute approximate surface area is 160 Å². The van der Waals surface area contributed by atoms with Crippen molar-refractivity contribution in [3.63, 3.8) is 0 Å². The summed E-state index contributed by atoms with van der Waals surface area (Å²) in [5.41, 5.74) is 3.26. The maximum absolute atomic E-state index is 12.9. The maximum atomic E-state index is 12.9. The molecular weight excluding hydrogens is 367 g/mol. The molecule has 3 nitrogen and oxygen atoms in total. The van der Waals surface area contributed by atoms with Crippen LogP contribution >= 0.6 is 23.1 Å². The van der Waals surface area contributed by atoms with Crippen molar-refractivity contribution in [2.45, 2.75) is 25.3 Å². The Hall–Kier alpha value is -2.18. The Kier molecular flexibility index (Phi) is 6.06. The molecule has 3 aromatic rings. The second kappa shape index (κ2) is 8.47. The molecule has 26 heavy (non-hydrogen) atoms. The number of thioether (sulfide) groups is 1. The predicted octanol–water partition coefficient (Wildman–Crippen LogP) is 4.97. The first-order valence-corrected chi connectivity index (χ1v) is 10.0. The van der Waals surface area contributed by atoms with Gasteiger partial charge in [0.05, 0.1) is 18.0 Å². The highest BCUT2D eigenvalue weighted by Crippen LogP contribution is 2.30. The smallest absolute Gasteiger partial charge is 0.230 e. The van der Waals surface area contributed by atoms with Crippen molar-refractivity contribution in [2.24, 2.45) is 0 Å². The third-order valence-electron chi connectivity index (χ3n) is 3.90. The van der Waals surface area contributed by atoms with Gasteiger partial charge in [0, 0.05) is 15.3 Å². The molecule has 6 heteroatoms. The van der Waals surface area contributed by atoms with Crippen LogP contribution in [0.5, 0.6) is 0 Å². The number of nitrogens with zero attached hydrogens (tertiary/aromatic N) is 1. The third kappa shape index (κ3) is 4.71. The molecule has 0 aliphatic carbocycles. The highest BCUT2D eigenvalue weighted by Gasteiger charge is 2.12. The summed E-state index contributed by atoms with van der Waals surface area (Å²) in [5.74, 6) is -0.0257. The van der Waals surface area contributed by atoms with Crippen molar-refractivity contribution < 1.29 is 9.18 Å². The number of amides is 1. The minimum Gasteiger partial charge on any atom is -0.350 e. The Morgan fingerprint density at radius 3 is 2.62 bits per heavy atom. The first-order chi connectivity index (χ1) is 12.5. The fourth-order valence-electron chi connectivity index (χ4n) is 2.43. The summed E-state index contributed by atoms with van der Waals surface area (Å²) < 4.78 is 12.9. The Morgan fingerprint density at radius 2 is 1.88 bits per heavy atom. The molecule has 1 N–H and O–H groups in total. The fourth-order valence-corrected chi connectivity index (χ4v) is 4.25. The summed E-state index contributed by atoms with van der Waals surface area (Å²) in [6.07, 6.45) is 0. The number of benzene rings is 2. The molecule has 1 amide bonds. The lowest BCUT2D eigenvalue weighted by molar-refractivity contribution is -0.118. The molecule has 0 saturated heterocycles. The highest BCUT2D eigenvalue weighted by molar-refractivity contribution is 8.00. The lowest BCUT2D eigenvalue weighted by Gasteiger charge is -2.04. The number of aromatic nitrogens is 1. The van der Waals surface area contributed by atoms with Crippen LogP contribution < -0.4 is 5.32 Å². The van der Waals surface area contributed by atoms with Gasteiger partial charge in [-0.05, 0) is 43.7 Å². The van der Waals surface area contributed by atoms with Gasteiger partial charge < -0.3 is 5.32 Å². The number of halogens is 1.